The number of piperidine rings is 2. The molecule has 0 aromatic rings. The van der Waals surface area contributed by atoms with Crippen LogP contribution in [0.15, 0.2) is 0 Å². The Kier molecular flexibility index (Phi) is 7.56. The van der Waals surface area contributed by atoms with Crippen molar-refractivity contribution < 1.29 is 9.53 Å². The molecule has 0 aromatic carbocycles. The average molecular weight is 352 g/mol. The molecule has 3 aliphatic heterocycles. The summed E-state index contributed by atoms with van der Waals surface area (Å²) in [6.07, 6.45) is 8.28. The van der Waals surface area contributed by atoms with Crippen LogP contribution in [0, 0.1) is 5.92 Å². The summed E-state index contributed by atoms with van der Waals surface area (Å²) in [5.74, 6) is 0.694. The quantitative estimate of drug-likeness (QED) is 0.659. The molecule has 144 valence electrons. The van der Waals surface area contributed by atoms with Gasteiger partial charge in [-0.3, -0.25) is 9.69 Å². The summed E-state index contributed by atoms with van der Waals surface area (Å²) in [4.78, 5) is 20.0. The van der Waals surface area contributed by atoms with Gasteiger partial charge in [0.05, 0.1) is 12.5 Å². The second kappa shape index (κ2) is 9.89. The van der Waals surface area contributed by atoms with Crippen molar-refractivity contribution in [2.45, 2.75) is 57.9 Å². The van der Waals surface area contributed by atoms with Gasteiger partial charge in [0.25, 0.3) is 0 Å². The molecule has 25 heavy (non-hydrogen) atoms. The standard InChI is InChI=1S/C20H37N3O2/c1-2-15-25-16-14-21-12-7-19(8-13-21)23-11-5-6-18(17-23)20(24)22-9-3-4-10-22/h18-19H,2-17H2,1H3. The van der Waals surface area contributed by atoms with Gasteiger partial charge in [-0.25, -0.2) is 0 Å². The molecule has 3 saturated heterocycles. The molecular formula is C20H37N3O2. The van der Waals surface area contributed by atoms with E-state index >= 15 is 0 Å². The Labute approximate surface area is 153 Å². The van der Waals surface area contributed by atoms with Gasteiger partial charge in [-0.2, -0.15) is 0 Å². The van der Waals surface area contributed by atoms with Gasteiger partial charge in [0.1, 0.15) is 0 Å². The normalized spacial score (nSPS) is 27.1. The fraction of sp³-hybridized carbons (Fsp3) is 0.950. The van der Waals surface area contributed by atoms with E-state index in [0.717, 1.165) is 52.2 Å². The first kappa shape index (κ1) is 19.1. The van der Waals surface area contributed by atoms with Crippen LogP contribution in [-0.2, 0) is 9.53 Å². The summed E-state index contributed by atoms with van der Waals surface area (Å²) in [5, 5.41) is 0. The van der Waals surface area contributed by atoms with E-state index < -0.39 is 0 Å². The van der Waals surface area contributed by atoms with E-state index in [1.807, 2.05) is 0 Å². The number of carbonyl (C=O) groups excluding carboxylic acids is 1. The van der Waals surface area contributed by atoms with E-state index in [-0.39, 0.29) is 5.92 Å². The van der Waals surface area contributed by atoms with Crippen molar-refractivity contribution >= 4 is 5.91 Å². The summed E-state index contributed by atoms with van der Waals surface area (Å²) in [6.45, 7) is 11.5. The Morgan fingerprint density at radius 3 is 2.44 bits per heavy atom. The van der Waals surface area contributed by atoms with Crippen molar-refractivity contribution in [3.63, 3.8) is 0 Å². The molecule has 0 radical (unpaired) electrons. The van der Waals surface area contributed by atoms with E-state index in [1.165, 1.54) is 51.7 Å². The lowest BCUT2D eigenvalue weighted by Gasteiger charge is -2.42. The highest BCUT2D eigenvalue weighted by molar-refractivity contribution is 5.79. The molecule has 1 unspecified atom stereocenters. The first-order valence-corrected chi connectivity index (χ1v) is 10.6. The molecule has 0 saturated carbocycles. The predicted octanol–water partition coefficient (Wildman–Crippen LogP) is 2.21. The third-order valence-corrected chi connectivity index (χ3v) is 6.19. The number of hydrogen-bond donors (Lipinski definition) is 0. The van der Waals surface area contributed by atoms with Gasteiger partial charge in [-0.05, 0) is 64.6 Å². The zero-order valence-electron chi connectivity index (χ0n) is 16.1. The lowest BCUT2D eigenvalue weighted by atomic mass is 9.93. The highest BCUT2D eigenvalue weighted by Gasteiger charge is 2.34. The number of rotatable bonds is 7. The molecule has 1 atom stereocenters. The minimum absolute atomic E-state index is 0.257. The zero-order valence-corrected chi connectivity index (χ0v) is 16.1. The lowest BCUT2D eigenvalue weighted by molar-refractivity contribution is -0.136. The third-order valence-electron chi connectivity index (χ3n) is 6.19. The lowest BCUT2D eigenvalue weighted by Crippen LogP contribution is -2.51. The maximum atomic E-state index is 12.7. The van der Waals surface area contributed by atoms with Crippen LogP contribution in [0.4, 0.5) is 0 Å². The summed E-state index contributed by atoms with van der Waals surface area (Å²) in [6, 6.07) is 0.682. The van der Waals surface area contributed by atoms with Gasteiger partial charge in [0.2, 0.25) is 5.91 Å². The van der Waals surface area contributed by atoms with Gasteiger partial charge < -0.3 is 14.5 Å². The molecule has 0 N–H and O–H groups in total. The first-order chi connectivity index (χ1) is 12.3. The first-order valence-electron chi connectivity index (χ1n) is 10.6. The molecule has 0 bridgehead atoms. The van der Waals surface area contributed by atoms with Crippen molar-refractivity contribution in [3.8, 4) is 0 Å². The van der Waals surface area contributed by atoms with E-state index in [1.54, 1.807) is 0 Å². The van der Waals surface area contributed by atoms with Crippen LogP contribution in [0.3, 0.4) is 0 Å². The predicted molar refractivity (Wildman–Crippen MR) is 101 cm³/mol. The number of hydrogen-bond acceptors (Lipinski definition) is 4. The van der Waals surface area contributed by atoms with Gasteiger partial charge in [0, 0.05) is 38.8 Å². The molecule has 1 amide bonds. The molecule has 0 aliphatic carbocycles. The van der Waals surface area contributed by atoms with Gasteiger partial charge in [0.15, 0.2) is 0 Å². The van der Waals surface area contributed by atoms with Crippen LogP contribution < -0.4 is 0 Å². The molecule has 3 fully saturated rings. The second-order valence-corrected chi connectivity index (χ2v) is 8.05. The highest BCUT2D eigenvalue weighted by Crippen LogP contribution is 2.26. The largest absolute Gasteiger partial charge is 0.380 e. The zero-order chi connectivity index (χ0) is 17.5. The minimum atomic E-state index is 0.257. The van der Waals surface area contributed by atoms with Gasteiger partial charge in [-0.15, -0.1) is 0 Å². The second-order valence-electron chi connectivity index (χ2n) is 8.05. The SMILES string of the molecule is CCCOCCN1CCC(N2CCCC(C(=O)N3CCCC3)C2)CC1. The van der Waals surface area contributed by atoms with Gasteiger partial charge >= 0.3 is 0 Å². The summed E-state index contributed by atoms with van der Waals surface area (Å²) < 4.78 is 5.62. The topological polar surface area (TPSA) is 36.0 Å². The van der Waals surface area contributed by atoms with Crippen LogP contribution in [0.2, 0.25) is 0 Å². The monoisotopic (exact) mass is 351 g/mol. The van der Waals surface area contributed by atoms with E-state index in [9.17, 15) is 4.79 Å². The third kappa shape index (κ3) is 5.41. The molecular weight excluding hydrogens is 314 g/mol. The summed E-state index contributed by atoms with van der Waals surface area (Å²) in [5.41, 5.74) is 0. The van der Waals surface area contributed by atoms with E-state index in [0.29, 0.717) is 11.9 Å². The molecule has 0 spiro atoms. The van der Waals surface area contributed by atoms with Crippen molar-refractivity contribution in [1.29, 1.82) is 0 Å². The van der Waals surface area contributed by atoms with Gasteiger partial charge in [-0.1, -0.05) is 6.92 Å². The molecule has 5 heteroatoms. The van der Waals surface area contributed by atoms with Crippen molar-refractivity contribution in [3.05, 3.63) is 0 Å². The molecule has 0 aromatic heterocycles. The van der Waals surface area contributed by atoms with Crippen LogP contribution in [0.25, 0.3) is 0 Å². The Bertz CT molecular complexity index is 404. The van der Waals surface area contributed by atoms with Crippen LogP contribution >= 0.6 is 0 Å². The molecule has 3 rings (SSSR count). The molecule has 3 heterocycles. The van der Waals surface area contributed by atoms with Crippen LogP contribution in [0.5, 0.6) is 0 Å². The maximum absolute atomic E-state index is 12.7. The fourth-order valence-corrected chi connectivity index (χ4v) is 4.68. The minimum Gasteiger partial charge on any atom is -0.380 e. The number of amides is 1. The number of carbonyl (C=O) groups is 1. The Hall–Kier alpha value is -0.650. The van der Waals surface area contributed by atoms with E-state index in [2.05, 4.69) is 21.6 Å². The average Bonchev–Trinajstić information content (AvgIpc) is 3.20. The Balaban J connectivity index is 1.39. The summed E-state index contributed by atoms with van der Waals surface area (Å²) >= 11 is 0. The van der Waals surface area contributed by atoms with Crippen LogP contribution in [0.1, 0.15) is 51.9 Å². The maximum Gasteiger partial charge on any atom is 0.226 e. The molecule has 3 aliphatic rings. The van der Waals surface area contributed by atoms with E-state index in [4.69, 9.17) is 4.74 Å². The number of likely N-dealkylation sites (tertiary alicyclic amines) is 3. The highest BCUT2D eigenvalue weighted by atomic mass is 16.5. The summed E-state index contributed by atoms with van der Waals surface area (Å²) in [7, 11) is 0. The Morgan fingerprint density at radius 2 is 1.72 bits per heavy atom. The fourth-order valence-electron chi connectivity index (χ4n) is 4.68. The van der Waals surface area contributed by atoms with Crippen molar-refractivity contribution in [2.24, 2.45) is 5.92 Å². The van der Waals surface area contributed by atoms with Crippen LogP contribution in [-0.4, -0.2) is 85.7 Å². The number of ether oxygens (including phenoxy) is 1. The smallest absolute Gasteiger partial charge is 0.226 e. The molecule has 5 nitrogen and oxygen atoms in total. The van der Waals surface area contributed by atoms with Crippen molar-refractivity contribution in [2.75, 3.05) is 59.0 Å². The number of nitrogens with zero attached hydrogens (tertiary/aromatic N) is 3. The van der Waals surface area contributed by atoms with Crippen molar-refractivity contribution in [1.82, 2.24) is 14.7 Å². The Morgan fingerprint density at radius 1 is 0.960 bits per heavy atom.